The molecule has 0 saturated carbocycles. The van der Waals surface area contributed by atoms with Gasteiger partial charge in [0.15, 0.2) is 0 Å². The van der Waals surface area contributed by atoms with E-state index in [9.17, 15) is 9.59 Å². The van der Waals surface area contributed by atoms with E-state index in [0.29, 0.717) is 39.4 Å². The molecule has 1 aromatic carbocycles. The summed E-state index contributed by atoms with van der Waals surface area (Å²) < 4.78 is 0. The molecule has 1 fully saturated rings. The number of aromatic nitrogens is 2. The normalized spacial score (nSPS) is 14.5. The maximum atomic E-state index is 12.8. The van der Waals surface area contributed by atoms with E-state index in [1.807, 2.05) is 12.1 Å². The minimum absolute atomic E-state index is 0.0715. The number of benzene rings is 1. The number of nitrogens with zero attached hydrogens (tertiary/aromatic N) is 4. The molecule has 0 aliphatic carbocycles. The molecule has 0 spiro atoms. The van der Waals surface area contributed by atoms with Crippen LogP contribution in [0, 0.1) is 0 Å². The lowest BCUT2D eigenvalue weighted by Crippen LogP contribution is -2.47. The van der Waals surface area contributed by atoms with Gasteiger partial charge in [0.05, 0.1) is 12.1 Å². The van der Waals surface area contributed by atoms with Crippen LogP contribution < -0.4 is 10.6 Å². The van der Waals surface area contributed by atoms with Crippen LogP contribution in [0.3, 0.4) is 0 Å². The number of hydrogen-bond acceptors (Lipinski definition) is 7. The van der Waals surface area contributed by atoms with Crippen LogP contribution in [0.4, 0.5) is 11.5 Å². The van der Waals surface area contributed by atoms with Crippen molar-refractivity contribution in [2.45, 2.75) is 10.8 Å². The second kappa shape index (κ2) is 12.1. The molecule has 2 aromatic heterocycles. The van der Waals surface area contributed by atoms with Crippen molar-refractivity contribution in [3.63, 3.8) is 0 Å². The predicted molar refractivity (Wildman–Crippen MR) is 140 cm³/mol. The first-order chi connectivity index (χ1) is 17.0. The second-order valence-corrected chi connectivity index (χ2v) is 9.68. The number of halogens is 1. The molecule has 10 heteroatoms. The first-order valence-corrected chi connectivity index (χ1v) is 12.6. The van der Waals surface area contributed by atoms with Crippen LogP contribution in [-0.2, 0) is 10.5 Å². The fourth-order valence-corrected chi connectivity index (χ4v) is 4.65. The lowest BCUT2D eigenvalue weighted by atomic mass is 10.2. The third kappa shape index (κ3) is 7.50. The molecule has 8 nitrogen and oxygen atoms in total. The van der Waals surface area contributed by atoms with Gasteiger partial charge in [-0.25, -0.2) is 9.97 Å². The summed E-state index contributed by atoms with van der Waals surface area (Å²) in [6, 6.07) is 14.2. The number of anilines is 2. The van der Waals surface area contributed by atoms with Crippen molar-refractivity contribution < 1.29 is 9.59 Å². The van der Waals surface area contributed by atoms with Crippen molar-refractivity contribution in [1.29, 1.82) is 0 Å². The van der Waals surface area contributed by atoms with Crippen LogP contribution in [0.25, 0.3) is 0 Å². The van der Waals surface area contributed by atoms with Crippen molar-refractivity contribution in [3.8, 4) is 0 Å². The molecule has 3 aromatic rings. The molecular formula is C25H27ClN6O2S. The van der Waals surface area contributed by atoms with Crippen LogP contribution in [-0.4, -0.2) is 71.4 Å². The zero-order valence-corrected chi connectivity index (χ0v) is 21.0. The summed E-state index contributed by atoms with van der Waals surface area (Å²) >= 11 is 7.37. The number of nitrogens with one attached hydrogen (secondary N) is 2. The molecule has 1 saturated heterocycles. The molecule has 0 atom stereocenters. The molecule has 0 radical (unpaired) electrons. The average molecular weight is 511 g/mol. The van der Waals surface area contributed by atoms with E-state index >= 15 is 0 Å². The van der Waals surface area contributed by atoms with Crippen molar-refractivity contribution in [2.75, 3.05) is 50.4 Å². The number of thioether (sulfide) groups is 1. The SMILES string of the molecule is CN1CCN(CC(=O)Nc2cc(CSc3ncccc3C(=O)Nc3ccc(Cl)cc3)ccn2)CC1. The Morgan fingerprint density at radius 1 is 1.00 bits per heavy atom. The Hall–Kier alpha value is -2.98. The minimum Gasteiger partial charge on any atom is -0.322 e. The fourth-order valence-electron chi connectivity index (χ4n) is 3.59. The Morgan fingerprint density at radius 3 is 2.54 bits per heavy atom. The number of carbonyl (C=O) groups excluding carboxylic acids is 2. The van der Waals surface area contributed by atoms with Gasteiger partial charge in [0.25, 0.3) is 5.91 Å². The Bertz CT molecular complexity index is 1170. The topological polar surface area (TPSA) is 90.5 Å². The third-order valence-electron chi connectivity index (χ3n) is 5.55. The lowest BCUT2D eigenvalue weighted by Gasteiger charge is -2.31. The van der Waals surface area contributed by atoms with Gasteiger partial charge >= 0.3 is 0 Å². The Kier molecular flexibility index (Phi) is 8.70. The molecule has 2 N–H and O–H groups in total. The lowest BCUT2D eigenvalue weighted by molar-refractivity contribution is -0.117. The van der Waals surface area contributed by atoms with E-state index < -0.39 is 0 Å². The molecule has 4 rings (SSSR count). The highest BCUT2D eigenvalue weighted by Crippen LogP contribution is 2.26. The van der Waals surface area contributed by atoms with E-state index in [1.54, 1.807) is 48.8 Å². The van der Waals surface area contributed by atoms with Gasteiger partial charge in [-0.05, 0) is 61.1 Å². The molecule has 1 aliphatic rings. The van der Waals surface area contributed by atoms with Gasteiger partial charge in [-0.3, -0.25) is 14.5 Å². The smallest absolute Gasteiger partial charge is 0.258 e. The number of pyridine rings is 2. The maximum absolute atomic E-state index is 12.8. The van der Waals surface area contributed by atoms with E-state index in [4.69, 9.17) is 11.6 Å². The van der Waals surface area contributed by atoms with Crippen LogP contribution in [0.5, 0.6) is 0 Å². The highest BCUT2D eigenvalue weighted by atomic mass is 35.5. The number of likely N-dealkylation sites (N-methyl/N-ethyl adjacent to an activating group) is 1. The van der Waals surface area contributed by atoms with Crippen molar-refractivity contribution >= 4 is 46.7 Å². The number of carbonyl (C=O) groups is 2. The Morgan fingerprint density at radius 2 is 1.77 bits per heavy atom. The molecule has 0 bridgehead atoms. The summed E-state index contributed by atoms with van der Waals surface area (Å²) in [5.74, 6) is 0.776. The number of rotatable bonds is 8. The number of amides is 2. The number of hydrogen-bond donors (Lipinski definition) is 2. The molecule has 182 valence electrons. The summed E-state index contributed by atoms with van der Waals surface area (Å²) in [6.07, 6.45) is 3.34. The first-order valence-electron chi connectivity index (χ1n) is 11.3. The van der Waals surface area contributed by atoms with E-state index in [0.717, 1.165) is 31.7 Å². The summed E-state index contributed by atoms with van der Waals surface area (Å²) in [5, 5.41) is 7.00. The van der Waals surface area contributed by atoms with Gasteiger partial charge in [-0.1, -0.05) is 11.6 Å². The molecule has 35 heavy (non-hydrogen) atoms. The third-order valence-corrected chi connectivity index (χ3v) is 6.88. The first kappa shape index (κ1) is 25.1. The van der Waals surface area contributed by atoms with Crippen molar-refractivity contribution in [3.05, 3.63) is 77.1 Å². The Balaban J connectivity index is 1.34. The van der Waals surface area contributed by atoms with Crippen LogP contribution in [0.2, 0.25) is 5.02 Å². The highest BCUT2D eigenvalue weighted by Gasteiger charge is 2.17. The minimum atomic E-state index is -0.241. The van der Waals surface area contributed by atoms with Crippen molar-refractivity contribution in [2.24, 2.45) is 0 Å². The second-order valence-electron chi connectivity index (χ2n) is 8.28. The van der Waals surface area contributed by atoms with E-state index in [2.05, 4.69) is 37.4 Å². The van der Waals surface area contributed by atoms with Crippen molar-refractivity contribution in [1.82, 2.24) is 19.8 Å². The molecule has 1 aliphatic heterocycles. The standard InChI is InChI=1S/C25H27ClN6O2S/c1-31-11-13-32(14-12-31)16-23(33)30-22-15-18(8-10-27-22)17-35-25-21(3-2-9-28-25)24(34)29-20-6-4-19(26)5-7-20/h2-10,15H,11-14,16-17H2,1H3,(H,29,34)(H,27,30,33). The zero-order chi connectivity index (χ0) is 24.6. The molecule has 2 amide bonds. The monoisotopic (exact) mass is 510 g/mol. The number of piperazine rings is 1. The molecule has 3 heterocycles. The maximum Gasteiger partial charge on any atom is 0.258 e. The predicted octanol–water partition coefficient (Wildman–Crippen LogP) is 3.86. The van der Waals surface area contributed by atoms with E-state index in [1.165, 1.54) is 11.8 Å². The van der Waals surface area contributed by atoms with Gasteiger partial charge in [0, 0.05) is 55.0 Å². The van der Waals surface area contributed by atoms with Gasteiger partial charge in [0.1, 0.15) is 10.8 Å². The molecule has 0 unspecified atom stereocenters. The van der Waals surface area contributed by atoms with Gasteiger partial charge in [-0.2, -0.15) is 0 Å². The summed E-state index contributed by atoms with van der Waals surface area (Å²) in [4.78, 5) is 38.4. The van der Waals surface area contributed by atoms with Crippen LogP contribution in [0.15, 0.2) is 66.0 Å². The summed E-state index contributed by atoms with van der Waals surface area (Å²) in [7, 11) is 2.09. The summed E-state index contributed by atoms with van der Waals surface area (Å²) in [5.41, 5.74) is 2.11. The molecular weight excluding hydrogens is 484 g/mol. The van der Waals surface area contributed by atoms with Gasteiger partial charge in [-0.15, -0.1) is 11.8 Å². The van der Waals surface area contributed by atoms with Crippen LogP contribution in [0.1, 0.15) is 15.9 Å². The fraction of sp³-hybridized carbons (Fsp3) is 0.280. The quantitative estimate of drug-likeness (QED) is 0.445. The van der Waals surface area contributed by atoms with Gasteiger partial charge in [0.2, 0.25) is 5.91 Å². The largest absolute Gasteiger partial charge is 0.322 e. The van der Waals surface area contributed by atoms with E-state index in [-0.39, 0.29) is 11.8 Å². The summed E-state index contributed by atoms with van der Waals surface area (Å²) in [6.45, 7) is 4.05. The highest BCUT2D eigenvalue weighted by molar-refractivity contribution is 7.98. The zero-order valence-electron chi connectivity index (χ0n) is 19.4. The Labute approximate surface area is 214 Å². The van der Waals surface area contributed by atoms with Gasteiger partial charge < -0.3 is 15.5 Å². The average Bonchev–Trinajstić information content (AvgIpc) is 2.86. The van der Waals surface area contributed by atoms with Crippen LogP contribution >= 0.6 is 23.4 Å².